The highest BCUT2D eigenvalue weighted by atomic mass is 19.4. The second kappa shape index (κ2) is 8.84. The van der Waals surface area contributed by atoms with Crippen molar-refractivity contribution in [2.45, 2.75) is 51.8 Å². The van der Waals surface area contributed by atoms with Crippen LogP contribution in [0.4, 0.5) is 18.0 Å². The lowest BCUT2D eigenvalue weighted by Gasteiger charge is -2.32. The van der Waals surface area contributed by atoms with Crippen molar-refractivity contribution in [3.05, 3.63) is 35.4 Å². The van der Waals surface area contributed by atoms with Crippen LogP contribution in [0.3, 0.4) is 0 Å². The van der Waals surface area contributed by atoms with Crippen LogP contribution in [0.5, 0.6) is 0 Å². The maximum Gasteiger partial charge on any atom is 0.416 e. The van der Waals surface area contributed by atoms with E-state index in [4.69, 9.17) is 4.74 Å². The van der Waals surface area contributed by atoms with Crippen LogP contribution in [0.15, 0.2) is 24.3 Å². The van der Waals surface area contributed by atoms with Gasteiger partial charge in [-0.1, -0.05) is 18.2 Å². The molecule has 1 aromatic rings. The van der Waals surface area contributed by atoms with Crippen molar-refractivity contribution in [2.75, 3.05) is 19.6 Å². The minimum Gasteiger partial charge on any atom is -0.444 e. The second-order valence-electron chi connectivity index (χ2n) is 8.08. The van der Waals surface area contributed by atoms with Gasteiger partial charge < -0.3 is 15.0 Å². The Hall–Kier alpha value is -2.25. The zero-order chi connectivity index (χ0) is 20.9. The number of nitrogens with one attached hydrogen (secondary N) is 1. The lowest BCUT2D eigenvalue weighted by Crippen LogP contribution is -2.42. The number of carbonyl (C=O) groups is 2. The van der Waals surface area contributed by atoms with Gasteiger partial charge in [-0.25, -0.2) is 4.79 Å². The van der Waals surface area contributed by atoms with Gasteiger partial charge in [0.25, 0.3) is 0 Å². The third-order valence-electron chi connectivity index (χ3n) is 4.51. The molecule has 1 fully saturated rings. The van der Waals surface area contributed by atoms with Crippen molar-refractivity contribution in [1.82, 2.24) is 10.2 Å². The van der Waals surface area contributed by atoms with Gasteiger partial charge in [-0.15, -0.1) is 0 Å². The Labute approximate surface area is 163 Å². The maximum absolute atomic E-state index is 12.8. The number of alkyl carbamates (subject to hydrolysis) is 1. The first-order chi connectivity index (χ1) is 12.9. The second-order valence-corrected chi connectivity index (χ2v) is 8.08. The van der Waals surface area contributed by atoms with Crippen molar-refractivity contribution in [3.8, 4) is 0 Å². The highest BCUT2D eigenvalue weighted by molar-refractivity contribution is 5.79. The van der Waals surface area contributed by atoms with Crippen molar-refractivity contribution < 1.29 is 27.5 Å². The van der Waals surface area contributed by atoms with Gasteiger partial charge in [-0.3, -0.25) is 4.79 Å². The minimum atomic E-state index is -4.42. The van der Waals surface area contributed by atoms with Gasteiger partial charge in [-0.05, 0) is 51.2 Å². The van der Waals surface area contributed by atoms with Gasteiger partial charge in [0, 0.05) is 19.6 Å². The molecule has 0 saturated carbocycles. The van der Waals surface area contributed by atoms with E-state index < -0.39 is 23.4 Å². The zero-order valence-corrected chi connectivity index (χ0v) is 16.4. The van der Waals surface area contributed by atoms with Gasteiger partial charge >= 0.3 is 12.3 Å². The number of hydrogen-bond acceptors (Lipinski definition) is 3. The molecule has 1 aliphatic rings. The summed E-state index contributed by atoms with van der Waals surface area (Å²) in [6, 6.07) is 4.87. The molecule has 156 valence electrons. The quantitative estimate of drug-likeness (QED) is 0.831. The monoisotopic (exact) mass is 400 g/mol. The molecule has 0 atom stereocenters. The molecular formula is C20H27F3N2O3. The molecule has 0 aliphatic carbocycles. The number of ether oxygens (including phenoxy) is 1. The first-order valence-electron chi connectivity index (χ1n) is 9.35. The summed E-state index contributed by atoms with van der Waals surface area (Å²) in [7, 11) is 0. The Morgan fingerprint density at radius 2 is 1.82 bits per heavy atom. The lowest BCUT2D eigenvalue weighted by atomic mass is 9.96. The average molecular weight is 400 g/mol. The summed E-state index contributed by atoms with van der Waals surface area (Å²) in [5, 5.41) is 2.74. The fraction of sp³-hybridized carbons (Fsp3) is 0.600. The van der Waals surface area contributed by atoms with Crippen molar-refractivity contribution in [2.24, 2.45) is 5.92 Å². The van der Waals surface area contributed by atoms with Crippen molar-refractivity contribution in [1.29, 1.82) is 0 Å². The minimum absolute atomic E-state index is 0.0508. The first-order valence-corrected chi connectivity index (χ1v) is 9.35. The van der Waals surface area contributed by atoms with Crippen LogP contribution in [0, 0.1) is 5.92 Å². The molecule has 1 heterocycles. The molecule has 1 N–H and O–H groups in total. The Balaban J connectivity index is 1.79. The van der Waals surface area contributed by atoms with Gasteiger partial charge in [-0.2, -0.15) is 13.2 Å². The summed E-state index contributed by atoms with van der Waals surface area (Å²) < 4.78 is 43.6. The number of piperidine rings is 1. The molecule has 8 heteroatoms. The van der Waals surface area contributed by atoms with E-state index in [0.29, 0.717) is 25.2 Å². The Bertz CT molecular complexity index is 691. The highest BCUT2D eigenvalue weighted by Crippen LogP contribution is 2.29. The number of likely N-dealkylation sites (tertiary alicyclic amines) is 1. The molecule has 0 radical (unpaired) electrons. The predicted molar refractivity (Wildman–Crippen MR) is 98.7 cm³/mol. The van der Waals surface area contributed by atoms with Gasteiger partial charge in [0.05, 0.1) is 12.0 Å². The lowest BCUT2D eigenvalue weighted by molar-refractivity contribution is -0.138. The Morgan fingerprint density at radius 1 is 1.18 bits per heavy atom. The normalized spacial score (nSPS) is 16.0. The van der Waals surface area contributed by atoms with Crippen LogP contribution in [0.2, 0.25) is 0 Å². The summed E-state index contributed by atoms with van der Waals surface area (Å²) >= 11 is 0. The highest BCUT2D eigenvalue weighted by Gasteiger charge is 2.31. The molecule has 0 bridgehead atoms. The van der Waals surface area contributed by atoms with Crippen LogP contribution in [0.1, 0.15) is 44.7 Å². The van der Waals surface area contributed by atoms with E-state index in [1.807, 2.05) is 0 Å². The topological polar surface area (TPSA) is 58.6 Å². The number of alkyl halides is 3. The fourth-order valence-corrected chi connectivity index (χ4v) is 3.07. The van der Waals surface area contributed by atoms with Crippen molar-refractivity contribution in [3.63, 3.8) is 0 Å². The molecular weight excluding hydrogens is 373 g/mol. The Kier molecular flexibility index (Phi) is 6.96. The number of halogens is 3. The molecule has 0 aromatic heterocycles. The van der Waals surface area contributed by atoms with E-state index in [-0.39, 0.29) is 18.2 Å². The number of rotatable bonds is 4. The van der Waals surface area contributed by atoms with E-state index in [1.165, 1.54) is 12.1 Å². The van der Waals surface area contributed by atoms with E-state index >= 15 is 0 Å². The molecule has 1 aromatic carbocycles. The molecule has 0 spiro atoms. The van der Waals surface area contributed by atoms with Crippen LogP contribution in [0.25, 0.3) is 0 Å². The standard InChI is InChI=1S/C20H27F3N2O3/c1-19(2,3)28-18(27)24-13-14-7-9-25(10-8-14)17(26)12-15-5-4-6-16(11-15)20(21,22)23/h4-6,11,14H,7-10,12-13H2,1-3H3,(H,24,27). The molecule has 28 heavy (non-hydrogen) atoms. The summed E-state index contributed by atoms with van der Waals surface area (Å²) in [5.74, 6) is 0.0583. The van der Waals surface area contributed by atoms with E-state index in [0.717, 1.165) is 25.0 Å². The Morgan fingerprint density at radius 3 is 2.39 bits per heavy atom. The molecule has 1 aliphatic heterocycles. The molecule has 2 rings (SSSR count). The number of hydrogen-bond donors (Lipinski definition) is 1. The van der Waals surface area contributed by atoms with E-state index in [1.54, 1.807) is 25.7 Å². The van der Waals surface area contributed by atoms with Crippen LogP contribution in [-0.2, 0) is 22.1 Å². The molecule has 0 unspecified atom stereocenters. The number of benzene rings is 1. The summed E-state index contributed by atoms with van der Waals surface area (Å²) in [6.45, 7) is 6.91. The molecule has 2 amide bonds. The van der Waals surface area contributed by atoms with Crippen LogP contribution in [-0.4, -0.2) is 42.1 Å². The van der Waals surface area contributed by atoms with Gasteiger partial charge in [0.1, 0.15) is 5.60 Å². The fourth-order valence-electron chi connectivity index (χ4n) is 3.07. The van der Waals surface area contributed by atoms with Crippen LogP contribution >= 0.6 is 0 Å². The largest absolute Gasteiger partial charge is 0.444 e. The van der Waals surface area contributed by atoms with Crippen molar-refractivity contribution >= 4 is 12.0 Å². The number of amides is 2. The predicted octanol–water partition coefficient (Wildman–Crippen LogP) is 4.01. The maximum atomic E-state index is 12.8. The summed E-state index contributed by atoms with van der Waals surface area (Å²) in [4.78, 5) is 25.8. The summed E-state index contributed by atoms with van der Waals surface area (Å²) in [5.41, 5.74) is -0.943. The van der Waals surface area contributed by atoms with Gasteiger partial charge in [0.2, 0.25) is 5.91 Å². The number of carbonyl (C=O) groups excluding carboxylic acids is 2. The van der Waals surface area contributed by atoms with E-state index in [9.17, 15) is 22.8 Å². The average Bonchev–Trinajstić information content (AvgIpc) is 2.58. The van der Waals surface area contributed by atoms with E-state index in [2.05, 4.69) is 5.32 Å². The van der Waals surface area contributed by atoms with Gasteiger partial charge in [0.15, 0.2) is 0 Å². The molecule has 5 nitrogen and oxygen atoms in total. The smallest absolute Gasteiger partial charge is 0.416 e. The molecule has 1 saturated heterocycles. The number of nitrogens with zero attached hydrogens (tertiary/aromatic N) is 1. The third-order valence-corrected chi connectivity index (χ3v) is 4.51. The zero-order valence-electron chi connectivity index (χ0n) is 16.4. The SMILES string of the molecule is CC(C)(C)OC(=O)NCC1CCN(C(=O)Cc2cccc(C(F)(F)F)c2)CC1. The first kappa shape index (κ1) is 22.0. The third kappa shape index (κ3) is 7.05. The van der Waals surface area contributed by atoms with Crippen LogP contribution < -0.4 is 5.32 Å². The summed E-state index contributed by atoms with van der Waals surface area (Å²) in [6.07, 6.45) is -3.48.